The molecule has 1 saturated carbocycles. The molecule has 1 atom stereocenters. The second-order valence-electron chi connectivity index (χ2n) is 3.82. The quantitative estimate of drug-likeness (QED) is 0.823. The molecule has 0 spiro atoms. The summed E-state index contributed by atoms with van der Waals surface area (Å²) < 4.78 is 0.0928. The maximum atomic E-state index is 10.8. The Morgan fingerprint density at radius 2 is 1.93 bits per heavy atom. The molecule has 1 aliphatic rings. The van der Waals surface area contributed by atoms with Crippen LogP contribution in [0.5, 0.6) is 0 Å². The third-order valence-electron chi connectivity index (χ3n) is 2.46. The summed E-state index contributed by atoms with van der Waals surface area (Å²) in [4.78, 5) is 10.8. The van der Waals surface area contributed by atoms with Crippen molar-refractivity contribution in [3.05, 3.63) is 29.8 Å². The van der Waals surface area contributed by atoms with Gasteiger partial charge in [-0.15, -0.1) is 0 Å². The lowest BCUT2D eigenvalue weighted by atomic mass is 10.1. The molecule has 1 aromatic rings. The summed E-state index contributed by atoms with van der Waals surface area (Å²) >= 11 is 7.19. The summed E-state index contributed by atoms with van der Waals surface area (Å²) in [7, 11) is 0. The predicted molar refractivity (Wildman–Crippen MR) is 68.7 cm³/mol. The van der Waals surface area contributed by atoms with Crippen LogP contribution in [0.4, 0.5) is 5.69 Å². The highest BCUT2D eigenvalue weighted by molar-refractivity contribution is 9.25. The van der Waals surface area contributed by atoms with Gasteiger partial charge in [0.2, 0.25) is 5.91 Å². The Hall–Kier alpha value is -0.350. The predicted octanol–water partition coefficient (Wildman–Crippen LogP) is 3.62. The zero-order valence-corrected chi connectivity index (χ0v) is 11.4. The van der Waals surface area contributed by atoms with Gasteiger partial charge in [0.1, 0.15) is 0 Å². The number of halogens is 2. The monoisotopic (exact) mass is 331 g/mol. The van der Waals surface area contributed by atoms with Gasteiger partial charge in [-0.25, -0.2) is 0 Å². The van der Waals surface area contributed by atoms with Crippen molar-refractivity contribution in [1.29, 1.82) is 0 Å². The van der Waals surface area contributed by atoms with Crippen molar-refractivity contribution in [2.24, 2.45) is 0 Å². The van der Waals surface area contributed by atoms with Crippen molar-refractivity contribution >= 4 is 43.5 Å². The lowest BCUT2D eigenvalue weighted by molar-refractivity contribution is -0.114. The van der Waals surface area contributed by atoms with Crippen LogP contribution < -0.4 is 5.32 Å². The van der Waals surface area contributed by atoms with Crippen LogP contribution in [0.1, 0.15) is 24.8 Å². The van der Waals surface area contributed by atoms with Gasteiger partial charge in [-0.1, -0.05) is 44.0 Å². The molecular weight excluding hydrogens is 322 g/mol. The number of amides is 1. The van der Waals surface area contributed by atoms with E-state index in [0.29, 0.717) is 5.92 Å². The maximum Gasteiger partial charge on any atom is 0.221 e. The van der Waals surface area contributed by atoms with Gasteiger partial charge >= 0.3 is 0 Å². The summed E-state index contributed by atoms with van der Waals surface area (Å²) in [5.41, 5.74) is 2.14. The molecule has 0 radical (unpaired) electrons. The van der Waals surface area contributed by atoms with Gasteiger partial charge in [0.05, 0.1) is 3.23 Å². The lowest BCUT2D eigenvalue weighted by Gasteiger charge is -2.04. The van der Waals surface area contributed by atoms with Crippen LogP contribution in [-0.4, -0.2) is 9.14 Å². The highest BCUT2D eigenvalue weighted by atomic mass is 79.9. The van der Waals surface area contributed by atoms with Crippen LogP contribution in [0.25, 0.3) is 0 Å². The molecule has 0 unspecified atom stereocenters. The van der Waals surface area contributed by atoms with E-state index >= 15 is 0 Å². The van der Waals surface area contributed by atoms with E-state index in [0.717, 1.165) is 12.1 Å². The molecule has 80 valence electrons. The Balaban J connectivity index is 2.08. The Kier molecular flexibility index (Phi) is 2.90. The zero-order valence-electron chi connectivity index (χ0n) is 8.26. The summed E-state index contributed by atoms with van der Waals surface area (Å²) in [6, 6.07) is 7.98. The summed E-state index contributed by atoms with van der Waals surface area (Å²) in [5.74, 6) is 0.494. The van der Waals surface area contributed by atoms with Gasteiger partial charge in [0, 0.05) is 18.5 Å². The molecule has 0 bridgehead atoms. The first-order chi connectivity index (χ1) is 6.99. The molecule has 1 aliphatic carbocycles. The number of benzene rings is 1. The second kappa shape index (κ2) is 3.91. The van der Waals surface area contributed by atoms with Crippen molar-refractivity contribution < 1.29 is 4.79 Å². The molecule has 2 rings (SSSR count). The fourth-order valence-electron chi connectivity index (χ4n) is 1.58. The highest BCUT2D eigenvalue weighted by Gasteiger charge is 2.50. The molecule has 0 aromatic heterocycles. The van der Waals surface area contributed by atoms with Crippen LogP contribution in [0, 0.1) is 0 Å². The molecule has 0 aliphatic heterocycles. The molecule has 0 heterocycles. The number of rotatable bonds is 2. The number of nitrogens with one attached hydrogen (secondary N) is 1. The van der Waals surface area contributed by atoms with Crippen molar-refractivity contribution in [3.63, 3.8) is 0 Å². The Morgan fingerprint density at radius 3 is 2.33 bits per heavy atom. The SMILES string of the molecule is CC(=O)Nc1ccc([C@@H]2CC2(Br)Br)cc1. The third kappa shape index (κ3) is 2.61. The summed E-state index contributed by atoms with van der Waals surface area (Å²) in [6.07, 6.45) is 1.10. The molecular formula is C11H11Br2NO. The van der Waals surface area contributed by atoms with E-state index in [2.05, 4.69) is 49.3 Å². The van der Waals surface area contributed by atoms with Gasteiger partial charge in [0.25, 0.3) is 0 Å². The smallest absolute Gasteiger partial charge is 0.221 e. The molecule has 1 aromatic carbocycles. The minimum atomic E-state index is -0.0375. The zero-order chi connectivity index (χ0) is 11.1. The van der Waals surface area contributed by atoms with Crippen molar-refractivity contribution in [3.8, 4) is 0 Å². The van der Waals surface area contributed by atoms with E-state index in [9.17, 15) is 4.79 Å². The van der Waals surface area contributed by atoms with E-state index in [-0.39, 0.29) is 9.14 Å². The molecule has 1 N–H and O–H groups in total. The normalized spacial score (nSPS) is 22.2. The molecule has 1 amide bonds. The van der Waals surface area contributed by atoms with Crippen molar-refractivity contribution in [1.82, 2.24) is 0 Å². The fourth-order valence-corrected chi connectivity index (χ4v) is 2.75. The van der Waals surface area contributed by atoms with Crippen molar-refractivity contribution in [2.75, 3.05) is 5.32 Å². The van der Waals surface area contributed by atoms with Crippen LogP contribution in [0.2, 0.25) is 0 Å². The van der Waals surface area contributed by atoms with E-state index < -0.39 is 0 Å². The van der Waals surface area contributed by atoms with Crippen LogP contribution in [0.3, 0.4) is 0 Å². The lowest BCUT2D eigenvalue weighted by Crippen LogP contribution is -2.05. The fraction of sp³-hybridized carbons (Fsp3) is 0.364. The first kappa shape index (κ1) is 11.1. The third-order valence-corrected chi connectivity index (χ3v) is 4.21. The topological polar surface area (TPSA) is 29.1 Å². The first-order valence-corrected chi connectivity index (χ1v) is 6.33. The van der Waals surface area contributed by atoms with E-state index in [1.165, 1.54) is 12.5 Å². The largest absolute Gasteiger partial charge is 0.326 e. The number of hydrogen-bond acceptors (Lipinski definition) is 1. The summed E-state index contributed by atoms with van der Waals surface area (Å²) in [6.45, 7) is 1.51. The number of anilines is 1. The minimum absolute atomic E-state index is 0.0375. The van der Waals surface area contributed by atoms with Crippen molar-refractivity contribution in [2.45, 2.75) is 22.5 Å². The average Bonchev–Trinajstić information content (AvgIpc) is 2.75. The van der Waals surface area contributed by atoms with Gasteiger partial charge in [0.15, 0.2) is 0 Å². The van der Waals surface area contributed by atoms with E-state index in [1.807, 2.05) is 12.1 Å². The van der Waals surface area contributed by atoms with Crippen LogP contribution in [-0.2, 0) is 4.79 Å². The van der Waals surface area contributed by atoms with E-state index in [1.54, 1.807) is 0 Å². The second-order valence-corrected chi connectivity index (χ2v) is 7.72. The highest BCUT2D eigenvalue weighted by Crippen LogP contribution is 2.62. The molecule has 1 fully saturated rings. The number of alkyl halides is 2. The summed E-state index contributed by atoms with van der Waals surface area (Å²) in [5, 5.41) is 2.75. The van der Waals surface area contributed by atoms with Gasteiger partial charge in [-0.05, 0) is 24.1 Å². The van der Waals surface area contributed by atoms with Gasteiger partial charge in [-0.2, -0.15) is 0 Å². The van der Waals surface area contributed by atoms with Gasteiger partial charge < -0.3 is 5.32 Å². The Bertz CT molecular complexity index is 386. The molecule has 15 heavy (non-hydrogen) atoms. The Labute approximate surface area is 106 Å². The minimum Gasteiger partial charge on any atom is -0.326 e. The van der Waals surface area contributed by atoms with Gasteiger partial charge in [-0.3, -0.25) is 4.79 Å². The number of carbonyl (C=O) groups is 1. The van der Waals surface area contributed by atoms with E-state index in [4.69, 9.17) is 0 Å². The Morgan fingerprint density at radius 1 is 1.40 bits per heavy atom. The molecule has 4 heteroatoms. The number of hydrogen-bond donors (Lipinski definition) is 1. The molecule has 0 saturated heterocycles. The van der Waals surface area contributed by atoms with Crippen LogP contribution >= 0.6 is 31.9 Å². The molecule has 2 nitrogen and oxygen atoms in total. The maximum absolute atomic E-state index is 10.8. The average molecular weight is 333 g/mol. The first-order valence-electron chi connectivity index (χ1n) is 4.74. The van der Waals surface area contributed by atoms with Crippen LogP contribution in [0.15, 0.2) is 24.3 Å². The number of carbonyl (C=O) groups excluding carboxylic acids is 1. The standard InChI is InChI=1S/C11H11Br2NO/c1-7(15)14-9-4-2-8(3-5-9)10-6-11(10,12)13/h2-5,10H,6H2,1H3,(H,14,15)/t10-/m0/s1.